The molecule has 0 bridgehead atoms. The quantitative estimate of drug-likeness (QED) is 0.453. The lowest BCUT2D eigenvalue weighted by molar-refractivity contribution is -0.111. The molecule has 1 amide bonds. The number of nitrogens with one attached hydrogen (secondary N) is 1. The van der Waals surface area contributed by atoms with E-state index in [1.54, 1.807) is 0 Å². The smallest absolute Gasteiger partial charge is 0.247 e. The van der Waals surface area contributed by atoms with E-state index in [0.717, 1.165) is 67.4 Å². The van der Waals surface area contributed by atoms with Crippen molar-refractivity contribution in [3.05, 3.63) is 48.8 Å². The highest BCUT2D eigenvalue weighted by Crippen LogP contribution is 2.30. The minimum Gasteiger partial charge on any atom is -0.368 e. The SMILES string of the molecule is C=CC(=O)Nc1ccc2c(N(CCC)CCC)nc(N3CCCC3)nc2c1.N#Cc1cnc(N)nc1. The van der Waals surface area contributed by atoms with Crippen molar-refractivity contribution in [2.45, 2.75) is 39.5 Å². The highest BCUT2D eigenvalue weighted by molar-refractivity contribution is 6.01. The molecule has 0 spiro atoms. The van der Waals surface area contributed by atoms with Crippen molar-refractivity contribution in [3.8, 4) is 6.07 Å². The fourth-order valence-corrected chi connectivity index (χ4v) is 3.93. The summed E-state index contributed by atoms with van der Waals surface area (Å²) in [5.74, 6) is 1.75. The van der Waals surface area contributed by atoms with Gasteiger partial charge in [0.05, 0.1) is 23.5 Å². The molecule has 3 heterocycles. The Morgan fingerprint density at radius 3 is 2.44 bits per heavy atom. The zero-order valence-corrected chi connectivity index (χ0v) is 20.9. The van der Waals surface area contributed by atoms with Gasteiger partial charge in [0.15, 0.2) is 0 Å². The van der Waals surface area contributed by atoms with Crippen LogP contribution in [0.25, 0.3) is 10.9 Å². The predicted octanol–water partition coefficient (Wildman–Crippen LogP) is 3.91. The Hall–Kier alpha value is -4.26. The molecule has 0 saturated carbocycles. The molecule has 2 aromatic heterocycles. The van der Waals surface area contributed by atoms with E-state index in [2.05, 4.69) is 45.5 Å². The van der Waals surface area contributed by atoms with Crippen LogP contribution in [0.3, 0.4) is 0 Å². The van der Waals surface area contributed by atoms with Crippen LogP contribution in [0, 0.1) is 11.3 Å². The third kappa shape index (κ3) is 6.88. The minimum absolute atomic E-state index is 0.189. The Balaban J connectivity index is 0.000000338. The number of hydrogen-bond donors (Lipinski definition) is 2. The van der Waals surface area contributed by atoms with Crippen LogP contribution in [0.2, 0.25) is 0 Å². The Bertz CT molecular complexity index is 1210. The van der Waals surface area contributed by atoms with Crippen LogP contribution in [-0.2, 0) is 4.79 Å². The van der Waals surface area contributed by atoms with Crippen LogP contribution >= 0.6 is 0 Å². The van der Waals surface area contributed by atoms with Crippen molar-refractivity contribution in [1.82, 2.24) is 19.9 Å². The summed E-state index contributed by atoms with van der Waals surface area (Å²) in [4.78, 5) is 33.2. The number of amides is 1. The average molecular weight is 488 g/mol. The average Bonchev–Trinajstić information content (AvgIpc) is 3.44. The number of nitriles is 1. The molecular weight excluding hydrogens is 454 g/mol. The number of nitrogens with zero attached hydrogens (tertiary/aromatic N) is 7. The standard InChI is InChI=1S/C21H29N5O.C5H4N4/c1-4-11-25(12-5-2)20-17-10-9-16(22-19(27)6-3)15-18(17)23-21(24-20)26-13-7-8-14-26;6-1-4-2-8-5(7)9-3-4/h6,9-10,15H,3-5,7-8,11-14H2,1-2H3,(H,22,27);2-3H,(H2,7,8,9). The lowest BCUT2D eigenvalue weighted by atomic mass is 10.2. The molecule has 1 aromatic carbocycles. The summed E-state index contributed by atoms with van der Waals surface area (Å²) in [7, 11) is 0. The van der Waals surface area contributed by atoms with Gasteiger partial charge in [-0.05, 0) is 50.0 Å². The first-order valence-corrected chi connectivity index (χ1v) is 12.2. The maximum atomic E-state index is 11.7. The molecule has 3 N–H and O–H groups in total. The first kappa shape index (κ1) is 26.3. The van der Waals surface area contributed by atoms with Crippen LogP contribution in [0.4, 0.5) is 23.4 Å². The summed E-state index contributed by atoms with van der Waals surface area (Å²) in [5, 5.41) is 12.1. The fraction of sp³-hybridized carbons (Fsp3) is 0.385. The number of aromatic nitrogens is 4. The second-order valence-corrected chi connectivity index (χ2v) is 8.40. The van der Waals surface area contributed by atoms with E-state index in [1.807, 2.05) is 24.3 Å². The summed E-state index contributed by atoms with van der Waals surface area (Å²) in [6, 6.07) is 7.72. The number of anilines is 4. The minimum atomic E-state index is -0.220. The van der Waals surface area contributed by atoms with Gasteiger partial charge in [-0.2, -0.15) is 10.2 Å². The molecule has 1 aliphatic heterocycles. The Kier molecular flexibility index (Phi) is 9.51. The molecule has 3 aromatic rings. The van der Waals surface area contributed by atoms with Gasteiger partial charge in [0.25, 0.3) is 0 Å². The van der Waals surface area contributed by atoms with Gasteiger partial charge in [-0.1, -0.05) is 20.4 Å². The summed E-state index contributed by atoms with van der Waals surface area (Å²) < 4.78 is 0. The molecule has 1 saturated heterocycles. The van der Waals surface area contributed by atoms with Crippen LogP contribution in [-0.4, -0.2) is 52.0 Å². The first-order chi connectivity index (χ1) is 17.5. The van der Waals surface area contributed by atoms with Crippen molar-refractivity contribution < 1.29 is 4.79 Å². The number of carbonyl (C=O) groups excluding carboxylic acids is 1. The van der Waals surface area contributed by atoms with Gasteiger partial charge in [0, 0.05) is 37.3 Å². The maximum absolute atomic E-state index is 11.7. The summed E-state index contributed by atoms with van der Waals surface area (Å²) >= 11 is 0. The van der Waals surface area contributed by atoms with Crippen molar-refractivity contribution >= 4 is 40.2 Å². The zero-order chi connectivity index (χ0) is 25.9. The van der Waals surface area contributed by atoms with Crippen molar-refractivity contribution in [2.24, 2.45) is 0 Å². The van der Waals surface area contributed by atoms with Crippen LogP contribution < -0.4 is 20.9 Å². The third-order valence-electron chi connectivity index (χ3n) is 5.59. The lowest BCUT2D eigenvalue weighted by Crippen LogP contribution is -2.28. The van der Waals surface area contributed by atoms with Gasteiger partial charge in [0.1, 0.15) is 11.9 Å². The number of nitrogens with two attached hydrogens (primary N) is 1. The normalized spacial score (nSPS) is 12.4. The van der Waals surface area contributed by atoms with Gasteiger partial charge in [-0.25, -0.2) is 15.0 Å². The predicted molar refractivity (Wildman–Crippen MR) is 144 cm³/mol. The van der Waals surface area contributed by atoms with Crippen molar-refractivity contribution in [3.63, 3.8) is 0 Å². The zero-order valence-electron chi connectivity index (χ0n) is 20.9. The number of hydrogen-bond acceptors (Lipinski definition) is 9. The monoisotopic (exact) mass is 487 g/mol. The van der Waals surface area contributed by atoms with Gasteiger partial charge < -0.3 is 20.9 Å². The molecule has 0 unspecified atom stereocenters. The van der Waals surface area contributed by atoms with E-state index in [4.69, 9.17) is 21.0 Å². The molecule has 188 valence electrons. The second kappa shape index (κ2) is 13.0. The number of fused-ring (bicyclic) bond motifs is 1. The van der Waals surface area contributed by atoms with Gasteiger partial charge >= 0.3 is 0 Å². The van der Waals surface area contributed by atoms with Crippen molar-refractivity contribution in [1.29, 1.82) is 5.26 Å². The van der Waals surface area contributed by atoms with E-state index < -0.39 is 0 Å². The Morgan fingerprint density at radius 2 is 1.86 bits per heavy atom. The van der Waals surface area contributed by atoms with E-state index >= 15 is 0 Å². The topological polar surface area (TPSA) is 137 Å². The van der Waals surface area contributed by atoms with E-state index in [-0.39, 0.29) is 11.9 Å². The number of nitrogen functional groups attached to an aromatic ring is 1. The molecular formula is C26H33N9O. The van der Waals surface area contributed by atoms with Gasteiger partial charge in [-0.15, -0.1) is 0 Å². The first-order valence-electron chi connectivity index (χ1n) is 12.2. The molecule has 0 atom stereocenters. The number of benzene rings is 1. The van der Waals surface area contributed by atoms with Gasteiger partial charge in [-0.3, -0.25) is 4.79 Å². The molecule has 36 heavy (non-hydrogen) atoms. The molecule has 4 rings (SSSR count). The number of rotatable bonds is 8. The van der Waals surface area contributed by atoms with Gasteiger partial charge in [0.2, 0.25) is 17.8 Å². The van der Waals surface area contributed by atoms with Crippen LogP contribution in [0.15, 0.2) is 43.2 Å². The second-order valence-electron chi connectivity index (χ2n) is 8.40. The van der Waals surface area contributed by atoms with Crippen LogP contribution in [0.5, 0.6) is 0 Å². The number of carbonyl (C=O) groups is 1. The van der Waals surface area contributed by atoms with Crippen LogP contribution in [0.1, 0.15) is 45.1 Å². The highest BCUT2D eigenvalue weighted by Gasteiger charge is 2.20. The summed E-state index contributed by atoms with van der Waals surface area (Å²) in [5.41, 5.74) is 7.16. The lowest BCUT2D eigenvalue weighted by Gasteiger charge is -2.26. The van der Waals surface area contributed by atoms with E-state index in [1.165, 1.54) is 31.3 Å². The Morgan fingerprint density at radius 1 is 1.19 bits per heavy atom. The molecule has 10 heteroatoms. The molecule has 10 nitrogen and oxygen atoms in total. The highest BCUT2D eigenvalue weighted by atomic mass is 16.1. The summed E-state index contributed by atoms with van der Waals surface area (Å²) in [6.45, 7) is 11.8. The fourth-order valence-electron chi connectivity index (χ4n) is 3.93. The summed E-state index contributed by atoms with van der Waals surface area (Å²) in [6.07, 6.45) is 8.52. The van der Waals surface area contributed by atoms with E-state index in [9.17, 15) is 4.79 Å². The molecule has 1 fully saturated rings. The molecule has 0 aliphatic carbocycles. The third-order valence-corrected chi connectivity index (χ3v) is 5.59. The molecule has 0 radical (unpaired) electrons. The van der Waals surface area contributed by atoms with Crippen molar-refractivity contribution in [2.75, 3.05) is 47.0 Å². The molecule has 1 aliphatic rings. The van der Waals surface area contributed by atoms with E-state index in [0.29, 0.717) is 5.56 Å². The Labute approximate surface area is 211 Å². The largest absolute Gasteiger partial charge is 0.368 e. The maximum Gasteiger partial charge on any atom is 0.247 e.